The van der Waals surface area contributed by atoms with Gasteiger partial charge in [-0.1, -0.05) is 101 Å². The topological polar surface area (TPSA) is 86.8 Å². The molecule has 0 unspecified atom stereocenters. The summed E-state index contributed by atoms with van der Waals surface area (Å²) in [5, 5.41) is 3.06. The molecule has 45 heavy (non-hydrogen) atoms. The minimum atomic E-state index is -4.15. The maximum absolute atomic E-state index is 14.6. The van der Waals surface area contributed by atoms with Crippen molar-refractivity contribution < 1.29 is 18.0 Å². The number of benzene rings is 4. The first-order valence-electron chi connectivity index (χ1n) is 15.0. The lowest BCUT2D eigenvalue weighted by Gasteiger charge is -2.34. The zero-order valence-electron chi connectivity index (χ0n) is 26.1. The maximum atomic E-state index is 14.6. The third kappa shape index (κ3) is 8.83. The van der Waals surface area contributed by atoms with E-state index in [4.69, 9.17) is 0 Å². The van der Waals surface area contributed by atoms with E-state index in [0.29, 0.717) is 5.69 Å². The summed E-state index contributed by atoms with van der Waals surface area (Å²) in [5.41, 5.74) is 3.80. The van der Waals surface area contributed by atoms with Crippen LogP contribution in [0.4, 0.5) is 5.69 Å². The fourth-order valence-corrected chi connectivity index (χ4v) is 6.86. The van der Waals surface area contributed by atoms with Crippen LogP contribution in [-0.2, 0) is 32.6 Å². The number of nitrogens with zero attached hydrogens (tertiary/aromatic N) is 2. The van der Waals surface area contributed by atoms with E-state index >= 15 is 0 Å². The van der Waals surface area contributed by atoms with Gasteiger partial charge in [-0.3, -0.25) is 13.9 Å². The standard InChI is InChI=1S/C36H40BrN3O4S/c1-5-28(4)38-36(42)34(23-29-12-8-6-9-13-29)39(24-30-17-19-31(37)20-18-30)35(41)25-40(33-21-16-26(2)22-27(33)3)45(43,44)32-14-10-7-11-15-32/h6-22,28,34H,5,23-25H2,1-4H3,(H,38,42)/t28-,34+/m0/s1. The monoisotopic (exact) mass is 689 g/mol. The Kier molecular flexibility index (Phi) is 11.6. The Hall–Kier alpha value is -3.95. The molecule has 236 valence electrons. The van der Waals surface area contributed by atoms with Crippen LogP contribution in [0.1, 0.15) is 42.5 Å². The molecule has 4 aromatic rings. The molecule has 0 aliphatic heterocycles. The summed E-state index contributed by atoms with van der Waals surface area (Å²) in [4.78, 5) is 30.1. The van der Waals surface area contributed by atoms with Gasteiger partial charge in [-0.25, -0.2) is 8.42 Å². The van der Waals surface area contributed by atoms with Crippen LogP contribution in [0.2, 0.25) is 0 Å². The first kappa shape index (κ1) is 33.9. The number of nitrogens with one attached hydrogen (secondary N) is 1. The number of aryl methyl sites for hydroxylation is 2. The molecule has 7 nitrogen and oxygen atoms in total. The SMILES string of the molecule is CC[C@H](C)NC(=O)[C@@H](Cc1ccccc1)N(Cc1ccc(Br)cc1)C(=O)CN(c1ccc(C)cc1C)S(=O)(=O)c1ccccc1. The molecule has 0 aliphatic rings. The van der Waals surface area contributed by atoms with Gasteiger partial charge in [0.1, 0.15) is 12.6 Å². The first-order valence-corrected chi connectivity index (χ1v) is 17.3. The van der Waals surface area contributed by atoms with E-state index in [9.17, 15) is 18.0 Å². The van der Waals surface area contributed by atoms with Crippen molar-refractivity contribution in [2.75, 3.05) is 10.8 Å². The van der Waals surface area contributed by atoms with Gasteiger partial charge < -0.3 is 10.2 Å². The lowest BCUT2D eigenvalue weighted by Crippen LogP contribution is -2.54. The molecule has 0 saturated heterocycles. The van der Waals surface area contributed by atoms with Crippen LogP contribution in [0.5, 0.6) is 0 Å². The van der Waals surface area contributed by atoms with Crippen molar-refractivity contribution >= 4 is 43.5 Å². The van der Waals surface area contributed by atoms with Gasteiger partial charge in [0.05, 0.1) is 10.6 Å². The second-order valence-corrected chi connectivity index (χ2v) is 14.1. The molecule has 0 aromatic heterocycles. The Morgan fingerprint density at radius 3 is 2.07 bits per heavy atom. The van der Waals surface area contributed by atoms with Gasteiger partial charge in [-0.05, 0) is 74.2 Å². The second-order valence-electron chi connectivity index (χ2n) is 11.3. The molecule has 0 fully saturated rings. The Morgan fingerprint density at radius 2 is 1.47 bits per heavy atom. The van der Waals surface area contributed by atoms with Crippen molar-refractivity contribution in [3.05, 3.63) is 130 Å². The molecule has 0 saturated carbocycles. The molecule has 0 bridgehead atoms. The van der Waals surface area contributed by atoms with Crippen molar-refractivity contribution in [2.24, 2.45) is 0 Å². The highest BCUT2D eigenvalue weighted by atomic mass is 79.9. The Bertz CT molecular complexity index is 1700. The molecular formula is C36H40BrN3O4S. The Morgan fingerprint density at radius 1 is 0.844 bits per heavy atom. The normalized spacial score (nSPS) is 12.6. The largest absolute Gasteiger partial charge is 0.352 e. The quantitative estimate of drug-likeness (QED) is 0.167. The van der Waals surface area contributed by atoms with E-state index in [1.165, 1.54) is 21.3 Å². The number of carbonyl (C=O) groups excluding carboxylic acids is 2. The molecule has 2 atom stereocenters. The number of sulfonamides is 1. The van der Waals surface area contributed by atoms with E-state index in [2.05, 4.69) is 21.2 Å². The van der Waals surface area contributed by atoms with Crippen LogP contribution in [0, 0.1) is 13.8 Å². The van der Waals surface area contributed by atoms with Gasteiger partial charge >= 0.3 is 0 Å². The molecule has 0 aliphatic carbocycles. The third-order valence-corrected chi connectivity index (χ3v) is 10.1. The molecular weight excluding hydrogens is 650 g/mol. The van der Waals surface area contributed by atoms with Crippen LogP contribution in [0.25, 0.3) is 0 Å². The highest BCUT2D eigenvalue weighted by Crippen LogP contribution is 2.28. The van der Waals surface area contributed by atoms with Gasteiger partial charge in [0.15, 0.2) is 0 Å². The van der Waals surface area contributed by atoms with Gasteiger partial charge in [0.2, 0.25) is 11.8 Å². The van der Waals surface area contributed by atoms with E-state index < -0.39 is 28.5 Å². The minimum Gasteiger partial charge on any atom is -0.352 e. The number of carbonyl (C=O) groups is 2. The minimum absolute atomic E-state index is 0.0765. The summed E-state index contributed by atoms with van der Waals surface area (Å²) < 4.78 is 30.4. The van der Waals surface area contributed by atoms with Gasteiger partial charge in [0.25, 0.3) is 10.0 Å². The van der Waals surface area contributed by atoms with Crippen molar-refractivity contribution in [2.45, 2.75) is 64.1 Å². The number of halogens is 1. The van der Waals surface area contributed by atoms with E-state index in [0.717, 1.165) is 33.1 Å². The Balaban J connectivity index is 1.82. The number of hydrogen-bond acceptors (Lipinski definition) is 4. The molecule has 4 aromatic carbocycles. The summed E-state index contributed by atoms with van der Waals surface area (Å²) >= 11 is 3.47. The predicted octanol–water partition coefficient (Wildman–Crippen LogP) is 6.82. The van der Waals surface area contributed by atoms with E-state index in [1.807, 2.05) is 94.4 Å². The van der Waals surface area contributed by atoms with E-state index in [1.54, 1.807) is 24.3 Å². The lowest BCUT2D eigenvalue weighted by molar-refractivity contribution is -0.140. The number of rotatable bonds is 13. The lowest BCUT2D eigenvalue weighted by atomic mass is 10.0. The van der Waals surface area contributed by atoms with Crippen molar-refractivity contribution in [1.82, 2.24) is 10.2 Å². The van der Waals surface area contributed by atoms with Gasteiger partial charge in [-0.15, -0.1) is 0 Å². The molecule has 9 heteroatoms. The zero-order chi connectivity index (χ0) is 32.6. The molecule has 0 heterocycles. The summed E-state index contributed by atoms with van der Waals surface area (Å²) in [6.07, 6.45) is 0.987. The van der Waals surface area contributed by atoms with Crippen molar-refractivity contribution in [1.29, 1.82) is 0 Å². The van der Waals surface area contributed by atoms with Crippen LogP contribution in [0.15, 0.2) is 112 Å². The van der Waals surface area contributed by atoms with E-state index in [-0.39, 0.29) is 29.8 Å². The fraction of sp³-hybridized carbons (Fsp3) is 0.278. The molecule has 0 spiro atoms. The molecule has 0 radical (unpaired) electrons. The molecule has 2 amide bonds. The number of hydrogen-bond donors (Lipinski definition) is 1. The smallest absolute Gasteiger partial charge is 0.264 e. The molecule has 4 rings (SSSR count). The third-order valence-electron chi connectivity index (χ3n) is 7.77. The van der Waals surface area contributed by atoms with Gasteiger partial charge in [0, 0.05) is 23.5 Å². The average Bonchev–Trinajstić information content (AvgIpc) is 3.03. The zero-order valence-corrected chi connectivity index (χ0v) is 28.5. The highest BCUT2D eigenvalue weighted by molar-refractivity contribution is 9.10. The maximum Gasteiger partial charge on any atom is 0.264 e. The van der Waals surface area contributed by atoms with Crippen LogP contribution in [-0.4, -0.2) is 43.8 Å². The van der Waals surface area contributed by atoms with Crippen molar-refractivity contribution in [3.63, 3.8) is 0 Å². The van der Waals surface area contributed by atoms with Crippen LogP contribution >= 0.6 is 15.9 Å². The highest BCUT2D eigenvalue weighted by Gasteiger charge is 2.35. The van der Waals surface area contributed by atoms with Crippen molar-refractivity contribution in [3.8, 4) is 0 Å². The second kappa shape index (κ2) is 15.4. The first-order chi connectivity index (χ1) is 21.5. The summed E-state index contributed by atoms with van der Waals surface area (Å²) in [6.45, 7) is 7.30. The Labute approximate surface area is 275 Å². The number of anilines is 1. The summed E-state index contributed by atoms with van der Waals surface area (Å²) in [6, 6.07) is 29.6. The summed E-state index contributed by atoms with van der Waals surface area (Å²) in [5.74, 6) is -0.778. The average molecular weight is 691 g/mol. The van der Waals surface area contributed by atoms with Crippen LogP contribution < -0.4 is 9.62 Å². The number of amides is 2. The summed E-state index contributed by atoms with van der Waals surface area (Å²) in [7, 11) is -4.15. The fourth-order valence-electron chi connectivity index (χ4n) is 5.10. The predicted molar refractivity (Wildman–Crippen MR) is 183 cm³/mol. The van der Waals surface area contributed by atoms with Gasteiger partial charge in [-0.2, -0.15) is 0 Å². The van der Waals surface area contributed by atoms with Crippen LogP contribution in [0.3, 0.4) is 0 Å². The molecule has 1 N–H and O–H groups in total.